The van der Waals surface area contributed by atoms with Gasteiger partial charge in [0.1, 0.15) is 0 Å². The first-order valence-electron chi connectivity index (χ1n) is 3.62. The van der Waals surface area contributed by atoms with Crippen molar-refractivity contribution >= 4 is 9.73 Å². The summed E-state index contributed by atoms with van der Waals surface area (Å²) in [5.41, 5.74) is -0.878. The van der Waals surface area contributed by atoms with E-state index < -0.39 is 21.5 Å². The summed E-state index contributed by atoms with van der Waals surface area (Å²) in [4.78, 5) is -0.104. The molecule has 6 heteroatoms. The summed E-state index contributed by atoms with van der Waals surface area (Å²) in [7, 11) is -3.09. The largest absolute Gasteiger partial charge is 0.416 e. The highest BCUT2D eigenvalue weighted by atomic mass is 32.2. The highest BCUT2D eigenvalue weighted by Gasteiger charge is 2.30. The van der Waals surface area contributed by atoms with Crippen LogP contribution in [-0.2, 0) is 15.9 Å². The van der Waals surface area contributed by atoms with E-state index in [9.17, 15) is 17.4 Å². The normalized spacial score (nSPS) is 16.3. The lowest BCUT2D eigenvalue weighted by Gasteiger charge is -2.08. The number of halogens is 3. The Bertz CT molecular complexity index is 436. The zero-order chi connectivity index (χ0) is 11.0. The van der Waals surface area contributed by atoms with Gasteiger partial charge in [-0.05, 0) is 18.2 Å². The highest BCUT2D eigenvalue weighted by Crippen LogP contribution is 2.30. The number of benzene rings is 1. The summed E-state index contributed by atoms with van der Waals surface area (Å²) in [5, 5.41) is 0. The lowest BCUT2D eigenvalue weighted by atomic mass is 10.2. The van der Waals surface area contributed by atoms with Gasteiger partial charge in [-0.2, -0.15) is 13.2 Å². The molecule has 0 heterocycles. The van der Waals surface area contributed by atoms with Crippen molar-refractivity contribution in [3.05, 3.63) is 29.8 Å². The van der Waals surface area contributed by atoms with Gasteiger partial charge in [0.25, 0.3) is 0 Å². The SMILES string of the molecule is CS(=N)(=O)c1cccc(C(F)(F)F)c1. The predicted molar refractivity (Wildman–Crippen MR) is 46.5 cm³/mol. The van der Waals surface area contributed by atoms with Crippen molar-refractivity contribution in [1.29, 1.82) is 4.78 Å². The maximum atomic E-state index is 12.2. The van der Waals surface area contributed by atoms with Crippen molar-refractivity contribution in [3.8, 4) is 0 Å². The van der Waals surface area contributed by atoms with Crippen LogP contribution in [0.5, 0.6) is 0 Å². The van der Waals surface area contributed by atoms with Crippen LogP contribution in [0.25, 0.3) is 0 Å². The topological polar surface area (TPSA) is 40.9 Å². The Morgan fingerprint density at radius 2 is 1.93 bits per heavy atom. The van der Waals surface area contributed by atoms with Crippen LogP contribution in [0.3, 0.4) is 0 Å². The molecular weight excluding hydrogens is 215 g/mol. The van der Waals surface area contributed by atoms with E-state index in [0.717, 1.165) is 24.5 Å². The second-order valence-corrected chi connectivity index (χ2v) is 5.03. The molecule has 0 fully saturated rings. The minimum Gasteiger partial charge on any atom is -0.249 e. The molecule has 0 radical (unpaired) electrons. The number of alkyl halides is 3. The number of nitrogens with one attached hydrogen (secondary N) is 1. The van der Waals surface area contributed by atoms with Crippen molar-refractivity contribution in [2.75, 3.05) is 6.26 Å². The van der Waals surface area contributed by atoms with E-state index in [-0.39, 0.29) is 4.90 Å². The molecule has 1 atom stereocenters. The van der Waals surface area contributed by atoms with Crippen LogP contribution in [0, 0.1) is 4.78 Å². The Morgan fingerprint density at radius 3 is 2.36 bits per heavy atom. The minimum absolute atomic E-state index is 0.104. The van der Waals surface area contributed by atoms with Gasteiger partial charge in [-0.25, -0.2) is 8.99 Å². The summed E-state index contributed by atoms with van der Waals surface area (Å²) in [5.74, 6) is 0. The van der Waals surface area contributed by atoms with Crippen LogP contribution in [0.15, 0.2) is 29.2 Å². The first-order valence-corrected chi connectivity index (χ1v) is 5.59. The lowest BCUT2D eigenvalue weighted by molar-refractivity contribution is -0.137. The molecule has 14 heavy (non-hydrogen) atoms. The fourth-order valence-electron chi connectivity index (χ4n) is 0.915. The van der Waals surface area contributed by atoms with Crippen LogP contribution < -0.4 is 0 Å². The van der Waals surface area contributed by atoms with E-state index in [4.69, 9.17) is 4.78 Å². The van der Waals surface area contributed by atoms with E-state index in [1.54, 1.807) is 0 Å². The molecule has 0 aromatic heterocycles. The molecule has 0 aliphatic carbocycles. The van der Waals surface area contributed by atoms with Crippen molar-refractivity contribution in [2.45, 2.75) is 11.1 Å². The Hall–Kier alpha value is -1.04. The molecule has 0 amide bonds. The maximum absolute atomic E-state index is 12.2. The van der Waals surface area contributed by atoms with Gasteiger partial charge >= 0.3 is 6.18 Å². The smallest absolute Gasteiger partial charge is 0.249 e. The van der Waals surface area contributed by atoms with Crippen LogP contribution >= 0.6 is 0 Å². The van der Waals surface area contributed by atoms with Crippen molar-refractivity contribution < 1.29 is 17.4 Å². The van der Waals surface area contributed by atoms with Gasteiger partial charge in [0, 0.05) is 11.2 Å². The number of hydrogen-bond donors (Lipinski definition) is 1. The zero-order valence-corrected chi connectivity index (χ0v) is 8.08. The third-order valence-corrected chi connectivity index (χ3v) is 2.76. The van der Waals surface area contributed by atoms with Gasteiger partial charge in [0.05, 0.1) is 15.3 Å². The van der Waals surface area contributed by atoms with Crippen molar-refractivity contribution in [2.24, 2.45) is 0 Å². The highest BCUT2D eigenvalue weighted by molar-refractivity contribution is 7.91. The van der Waals surface area contributed by atoms with Crippen LogP contribution in [0.1, 0.15) is 5.56 Å². The molecule has 0 aliphatic rings. The summed E-state index contributed by atoms with van der Waals surface area (Å²) in [6, 6.07) is 4.03. The van der Waals surface area contributed by atoms with Crippen LogP contribution in [0.4, 0.5) is 13.2 Å². The van der Waals surface area contributed by atoms with E-state index in [1.165, 1.54) is 6.07 Å². The Kier molecular flexibility index (Phi) is 2.58. The third-order valence-electron chi connectivity index (χ3n) is 1.61. The fraction of sp³-hybridized carbons (Fsp3) is 0.250. The fourth-order valence-corrected chi connectivity index (χ4v) is 1.60. The molecule has 0 saturated carbocycles. The van der Waals surface area contributed by atoms with Gasteiger partial charge in [-0.1, -0.05) is 6.07 Å². The molecule has 0 aliphatic heterocycles. The monoisotopic (exact) mass is 223 g/mol. The van der Waals surface area contributed by atoms with Crippen LogP contribution in [0.2, 0.25) is 0 Å². The van der Waals surface area contributed by atoms with Crippen LogP contribution in [-0.4, -0.2) is 10.5 Å². The summed E-state index contributed by atoms with van der Waals surface area (Å²) < 4.78 is 54.9. The Balaban J connectivity index is 3.29. The average Bonchev–Trinajstić information content (AvgIpc) is 2.01. The second-order valence-electron chi connectivity index (χ2n) is 2.87. The Morgan fingerprint density at radius 1 is 1.36 bits per heavy atom. The molecule has 78 valence electrons. The quantitative estimate of drug-likeness (QED) is 0.781. The first kappa shape index (κ1) is 11.0. The third kappa shape index (κ3) is 2.47. The molecule has 2 nitrogen and oxygen atoms in total. The van der Waals surface area contributed by atoms with E-state index in [0.29, 0.717) is 0 Å². The molecular formula is C8H8F3NOS. The maximum Gasteiger partial charge on any atom is 0.416 e. The molecule has 0 spiro atoms. The van der Waals surface area contributed by atoms with Gasteiger partial charge in [-0.3, -0.25) is 0 Å². The van der Waals surface area contributed by atoms with Gasteiger partial charge in [0.15, 0.2) is 0 Å². The predicted octanol–water partition coefficient (Wildman–Crippen LogP) is 2.74. The Labute approximate surface area is 79.7 Å². The van der Waals surface area contributed by atoms with Gasteiger partial charge in [0.2, 0.25) is 0 Å². The van der Waals surface area contributed by atoms with E-state index >= 15 is 0 Å². The van der Waals surface area contributed by atoms with E-state index in [1.807, 2.05) is 0 Å². The summed E-state index contributed by atoms with van der Waals surface area (Å²) in [6.45, 7) is 0. The number of rotatable bonds is 1. The molecule has 1 rings (SSSR count). The van der Waals surface area contributed by atoms with Gasteiger partial charge in [-0.15, -0.1) is 0 Å². The van der Waals surface area contributed by atoms with Crippen molar-refractivity contribution in [1.82, 2.24) is 0 Å². The summed E-state index contributed by atoms with van der Waals surface area (Å²) >= 11 is 0. The minimum atomic E-state index is -4.46. The molecule has 1 aromatic rings. The summed E-state index contributed by atoms with van der Waals surface area (Å²) in [6.07, 6.45) is -3.37. The average molecular weight is 223 g/mol. The molecule has 0 saturated heterocycles. The zero-order valence-electron chi connectivity index (χ0n) is 7.26. The first-order chi connectivity index (χ1) is 6.21. The molecule has 1 aromatic carbocycles. The number of hydrogen-bond acceptors (Lipinski definition) is 2. The van der Waals surface area contributed by atoms with Gasteiger partial charge < -0.3 is 0 Å². The molecule has 1 unspecified atom stereocenters. The lowest BCUT2D eigenvalue weighted by Crippen LogP contribution is -2.06. The molecule has 0 bridgehead atoms. The standard InChI is InChI=1S/C8H8F3NOS/c1-14(12,13)7-4-2-3-6(5-7)8(9,10)11/h2-5,12H,1H3. The van der Waals surface area contributed by atoms with Crippen molar-refractivity contribution in [3.63, 3.8) is 0 Å². The second kappa shape index (κ2) is 3.27. The molecule has 1 N–H and O–H groups in total. The van der Waals surface area contributed by atoms with E-state index in [2.05, 4.69) is 0 Å².